The highest BCUT2D eigenvalue weighted by molar-refractivity contribution is 6.30. The molecule has 0 aliphatic carbocycles. The molecule has 6 heteroatoms. The summed E-state index contributed by atoms with van der Waals surface area (Å²) < 4.78 is 18.1. The van der Waals surface area contributed by atoms with Crippen LogP contribution < -0.4 is 5.32 Å². The molecule has 0 aliphatic rings. The molecule has 0 radical (unpaired) electrons. The van der Waals surface area contributed by atoms with Crippen LogP contribution in [0.5, 0.6) is 0 Å². The molecule has 0 aromatic carbocycles. The largest absolute Gasteiger partial charge is 0.394 e. The van der Waals surface area contributed by atoms with Gasteiger partial charge in [0.05, 0.1) is 24.3 Å². The number of hydrogen-bond acceptors (Lipinski definition) is 4. The Kier molecular flexibility index (Phi) is 4.74. The Morgan fingerprint density at radius 2 is 2.47 bits per heavy atom. The maximum absolute atomic E-state index is 13.3. The molecule has 1 aromatic heterocycles. The summed E-state index contributed by atoms with van der Waals surface area (Å²) in [6.07, 6.45) is 1.33. The van der Waals surface area contributed by atoms with Crippen LogP contribution in [0.25, 0.3) is 0 Å². The van der Waals surface area contributed by atoms with Crippen LogP contribution in [0.4, 0.5) is 10.2 Å². The predicted octanol–water partition coefficient (Wildman–Crippen LogP) is 1.29. The van der Waals surface area contributed by atoms with Crippen molar-refractivity contribution in [2.75, 3.05) is 25.6 Å². The Bertz CT molecular complexity index is 325. The number of anilines is 1. The number of aliphatic hydroxyl groups is 1. The predicted molar refractivity (Wildman–Crippen MR) is 55.6 cm³/mol. The first-order chi connectivity index (χ1) is 7.17. The molecule has 1 rings (SSSR count). The summed E-state index contributed by atoms with van der Waals surface area (Å²) in [7, 11) is 1.50. The molecule has 0 fully saturated rings. The first-order valence-corrected chi connectivity index (χ1v) is 4.72. The van der Waals surface area contributed by atoms with Gasteiger partial charge in [0.25, 0.3) is 0 Å². The van der Waals surface area contributed by atoms with Gasteiger partial charge in [-0.2, -0.15) is 0 Å². The Hall–Kier alpha value is -0.910. The minimum atomic E-state index is -0.558. The van der Waals surface area contributed by atoms with E-state index in [0.29, 0.717) is 0 Å². The molecule has 1 aromatic rings. The van der Waals surface area contributed by atoms with Crippen molar-refractivity contribution in [1.29, 1.82) is 0 Å². The monoisotopic (exact) mass is 234 g/mol. The molecule has 4 nitrogen and oxygen atoms in total. The van der Waals surface area contributed by atoms with Crippen molar-refractivity contribution in [3.63, 3.8) is 0 Å². The van der Waals surface area contributed by atoms with Crippen LogP contribution in [0, 0.1) is 5.82 Å². The summed E-state index contributed by atoms with van der Waals surface area (Å²) in [5, 5.41) is 11.9. The quantitative estimate of drug-likeness (QED) is 0.806. The van der Waals surface area contributed by atoms with Gasteiger partial charge in [-0.25, -0.2) is 9.37 Å². The molecule has 2 N–H and O–H groups in total. The zero-order valence-corrected chi connectivity index (χ0v) is 8.96. The van der Waals surface area contributed by atoms with Gasteiger partial charge in [-0.3, -0.25) is 0 Å². The Balaban J connectivity index is 2.70. The van der Waals surface area contributed by atoms with Crippen LogP contribution >= 0.6 is 11.6 Å². The lowest BCUT2D eigenvalue weighted by Gasteiger charge is -2.15. The summed E-state index contributed by atoms with van der Waals surface area (Å²) in [6, 6.07) is 0.760. The van der Waals surface area contributed by atoms with Crippen molar-refractivity contribution in [3.8, 4) is 0 Å². The third-order valence-electron chi connectivity index (χ3n) is 1.74. The topological polar surface area (TPSA) is 54.4 Å². The molecule has 1 unspecified atom stereocenters. The van der Waals surface area contributed by atoms with Gasteiger partial charge in [-0.1, -0.05) is 11.6 Å². The highest BCUT2D eigenvalue weighted by Gasteiger charge is 2.11. The summed E-state index contributed by atoms with van der Waals surface area (Å²) in [6.45, 7) is 0.0951. The second-order valence-electron chi connectivity index (χ2n) is 2.96. The smallest absolute Gasteiger partial charge is 0.166 e. The van der Waals surface area contributed by atoms with Crippen molar-refractivity contribution in [1.82, 2.24) is 4.98 Å². The number of pyridine rings is 1. The lowest BCUT2D eigenvalue weighted by molar-refractivity contribution is 0.153. The molecule has 84 valence electrons. The van der Waals surface area contributed by atoms with Gasteiger partial charge >= 0.3 is 0 Å². The fraction of sp³-hybridized carbons (Fsp3) is 0.444. The molecule has 0 saturated heterocycles. The molecule has 15 heavy (non-hydrogen) atoms. The van der Waals surface area contributed by atoms with Gasteiger partial charge in [0.15, 0.2) is 11.6 Å². The van der Waals surface area contributed by atoms with Crippen molar-refractivity contribution >= 4 is 17.4 Å². The number of methoxy groups -OCH3 is 1. The van der Waals surface area contributed by atoms with E-state index in [1.165, 1.54) is 13.3 Å². The molecule has 0 amide bonds. The van der Waals surface area contributed by atoms with Gasteiger partial charge in [0.1, 0.15) is 0 Å². The molecule has 0 saturated carbocycles. The van der Waals surface area contributed by atoms with Crippen LogP contribution in [-0.2, 0) is 4.74 Å². The summed E-state index contributed by atoms with van der Waals surface area (Å²) in [5.41, 5.74) is 0. The molecular weight excluding hydrogens is 223 g/mol. The average molecular weight is 235 g/mol. The van der Waals surface area contributed by atoms with E-state index in [9.17, 15) is 4.39 Å². The highest BCUT2D eigenvalue weighted by Crippen LogP contribution is 2.16. The van der Waals surface area contributed by atoms with Crippen molar-refractivity contribution < 1.29 is 14.2 Å². The van der Waals surface area contributed by atoms with Crippen LogP contribution in [-0.4, -0.2) is 36.5 Å². The van der Waals surface area contributed by atoms with E-state index < -0.39 is 11.9 Å². The van der Waals surface area contributed by atoms with Gasteiger partial charge in [-0.15, -0.1) is 0 Å². The standard InChI is InChI=1S/C9H12ClFN2O2/c1-15-5-7(4-14)13-9-8(11)2-6(10)3-12-9/h2-3,7,14H,4-5H2,1H3,(H,12,13). The molecule has 1 atom stereocenters. The van der Waals surface area contributed by atoms with E-state index in [2.05, 4.69) is 10.3 Å². The number of nitrogens with zero attached hydrogens (tertiary/aromatic N) is 1. The van der Waals surface area contributed by atoms with Gasteiger partial charge < -0.3 is 15.2 Å². The van der Waals surface area contributed by atoms with Crippen LogP contribution in [0.15, 0.2) is 12.3 Å². The molecule has 0 spiro atoms. The fourth-order valence-electron chi connectivity index (χ4n) is 1.06. The van der Waals surface area contributed by atoms with Gasteiger partial charge in [0.2, 0.25) is 0 Å². The lowest BCUT2D eigenvalue weighted by atomic mass is 10.3. The molecular formula is C9H12ClFN2O2. The third-order valence-corrected chi connectivity index (χ3v) is 1.94. The second-order valence-corrected chi connectivity index (χ2v) is 3.40. The summed E-state index contributed by atoms with van der Waals surface area (Å²) in [5.74, 6) is -0.507. The van der Waals surface area contributed by atoms with Crippen LogP contribution in [0.1, 0.15) is 0 Å². The molecule has 0 bridgehead atoms. The van der Waals surface area contributed by atoms with E-state index in [0.717, 1.165) is 6.07 Å². The average Bonchev–Trinajstić information content (AvgIpc) is 2.21. The number of ether oxygens (including phenoxy) is 1. The van der Waals surface area contributed by atoms with Gasteiger partial charge in [-0.05, 0) is 6.07 Å². The number of aliphatic hydroxyl groups excluding tert-OH is 1. The third kappa shape index (κ3) is 3.62. The van der Waals surface area contributed by atoms with Gasteiger partial charge in [0, 0.05) is 13.3 Å². The van der Waals surface area contributed by atoms with Crippen molar-refractivity contribution in [2.24, 2.45) is 0 Å². The van der Waals surface area contributed by atoms with E-state index in [-0.39, 0.29) is 24.1 Å². The van der Waals surface area contributed by atoms with E-state index >= 15 is 0 Å². The first kappa shape index (κ1) is 12.2. The molecule has 1 heterocycles. The Morgan fingerprint density at radius 1 is 1.73 bits per heavy atom. The number of halogens is 2. The fourth-order valence-corrected chi connectivity index (χ4v) is 1.20. The lowest BCUT2D eigenvalue weighted by Crippen LogP contribution is -2.29. The normalized spacial score (nSPS) is 12.5. The summed E-state index contributed by atoms with van der Waals surface area (Å²) >= 11 is 5.54. The zero-order valence-electron chi connectivity index (χ0n) is 8.20. The van der Waals surface area contributed by atoms with Crippen molar-refractivity contribution in [2.45, 2.75) is 6.04 Å². The number of aromatic nitrogens is 1. The number of rotatable bonds is 5. The first-order valence-electron chi connectivity index (χ1n) is 4.34. The molecule has 0 aliphatic heterocycles. The minimum absolute atomic E-state index is 0.0514. The Morgan fingerprint density at radius 3 is 3.00 bits per heavy atom. The highest BCUT2D eigenvalue weighted by atomic mass is 35.5. The van der Waals surface area contributed by atoms with Crippen LogP contribution in [0.3, 0.4) is 0 Å². The Labute approximate surface area is 92.0 Å². The van der Waals surface area contributed by atoms with E-state index in [1.807, 2.05) is 0 Å². The number of hydrogen-bond donors (Lipinski definition) is 2. The maximum atomic E-state index is 13.3. The zero-order chi connectivity index (χ0) is 11.3. The van der Waals surface area contributed by atoms with E-state index in [1.54, 1.807) is 0 Å². The minimum Gasteiger partial charge on any atom is -0.394 e. The number of nitrogens with one attached hydrogen (secondary N) is 1. The second kappa shape index (κ2) is 5.85. The van der Waals surface area contributed by atoms with Crippen molar-refractivity contribution in [3.05, 3.63) is 23.1 Å². The van der Waals surface area contributed by atoms with Crippen LogP contribution in [0.2, 0.25) is 5.02 Å². The SMILES string of the molecule is COCC(CO)Nc1ncc(Cl)cc1F. The maximum Gasteiger partial charge on any atom is 0.166 e. The van der Waals surface area contributed by atoms with E-state index in [4.69, 9.17) is 21.4 Å². The summed E-state index contributed by atoms with van der Waals surface area (Å²) in [4.78, 5) is 3.76.